The van der Waals surface area contributed by atoms with E-state index in [1.54, 1.807) is 14.2 Å². The van der Waals surface area contributed by atoms with E-state index in [4.69, 9.17) is 9.47 Å². The molecule has 1 aliphatic rings. The molecule has 106 valence electrons. The Morgan fingerprint density at radius 2 is 2.05 bits per heavy atom. The van der Waals surface area contributed by atoms with Crippen molar-refractivity contribution >= 4 is 0 Å². The van der Waals surface area contributed by atoms with Crippen molar-refractivity contribution in [3.8, 4) is 11.5 Å². The molecule has 0 aromatic heterocycles. The van der Waals surface area contributed by atoms with Gasteiger partial charge in [-0.25, -0.2) is 0 Å². The molecule has 1 saturated carbocycles. The van der Waals surface area contributed by atoms with Crippen LogP contribution in [-0.2, 0) is 0 Å². The van der Waals surface area contributed by atoms with Gasteiger partial charge in [0.05, 0.1) is 14.2 Å². The average Bonchev–Trinajstić information content (AvgIpc) is 3.16. The van der Waals surface area contributed by atoms with Crippen LogP contribution in [0.25, 0.3) is 0 Å². The number of methoxy groups -OCH3 is 2. The summed E-state index contributed by atoms with van der Waals surface area (Å²) in [7, 11) is 3.41. The lowest BCUT2D eigenvalue weighted by Crippen LogP contribution is -2.22. The highest BCUT2D eigenvalue weighted by atomic mass is 16.5. The van der Waals surface area contributed by atoms with Crippen LogP contribution < -0.4 is 14.8 Å². The van der Waals surface area contributed by atoms with Crippen molar-refractivity contribution in [2.75, 3.05) is 27.3 Å². The van der Waals surface area contributed by atoms with Crippen LogP contribution in [0.4, 0.5) is 0 Å². The van der Waals surface area contributed by atoms with Crippen molar-refractivity contribution in [3.05, 3.63) is 23.8 Å². The minimum Gasteiger partial charge on any atom is -0.493 e. The third-order valence-electron chi connectivity index (χ3n) is 3.71. The van der Waals surface area contributed by atoms with Crippen LogP contribution in [0.2, 0.25) is 0 Å². The van der Waals surface area contributed by atoms with Crippen LogP contribution in [-0.4, -0.2) is 27.3 Å². The maximum Gasteiger partial charge on any atom is 0.164 e. The Hall–Kier alpha value is -1.22. The molecular weight excluding hydrogens is 238 g/mol. The second-order valence-corrected chi connectivity index (χ2v) is 5.74. The molecule has 0 radical (unpaired) electrons. The normalized spacial score (nSPS) is 21.5. The molecule has 1 fully saturated rings. The maximum atomic E-state index is 5.51. The number of nitrogens with one attached hydrogen (secondary N) is 1. The Bertz CT molecular complexity index is 417. The van der Waals surface area contributed by atoms with Crippen molar-refractivity contribution < 1.29 is 9.47 Å². The Morgan fingerprint density at radius 1 is 1.26 bits per heavy atom. The van der Waals surface area contributed by atoms with Crippen LogP contribution >= 0.6 is 0 Å². The van der Waals surface area contributed by atoms with Crippen molar-refractivity contribution in [2.45, 2.75) is 26.2 Å². The van der Waals surface area contributed by atoms with Gasteiger partial charge in [0.1, 0.15) is 0 Å². The van der Waals surface area contributed by atoms with Gasteiger partial charge in [0.15, 0.2) is 11.5 Å². The Labute approximate surface area is 116 Å². The predicted octanol–water partition coefficient (Wildman–Crippen LogP) is 3.05. The van der Waals surface area contributed by atoms with Gasteiger partial charge in [0.2, 0.25) is 0 Å². The molecule has 0 saturated heterocycles. The minimum absolute atomic E-state index is 0.615. The number of hydrogen-bond acceptors (Lipinski definition) is 3. The van der Waals surface area contributed by atoms with Crippen LogP contribution in [0.15, 0.2) is 18.2 Å². The minimum atomic E-state index is 0.615. The molecule has 1 aromatic rings. The highest BCUT2D eigenvalue weighted by Gasteiger charge is 2.40. The Kier molecular flexibility index (Phi) is 4.70. The van der Waals surface area contributed by atoms with E-state index in [1.165, 1.54) is 12.0 Å². The topological polar surface area (TPSA) is 30.5 Å². The summed E-state index contributed by atoms with van der Waals surface area (Å²) >= 11 is 0. The highest BCUT2D eigenvalue weighted by molar-refractivity contribution is 5.50. The zero-order valence-corrected chi connectivity index (χ0v) is 12.4. The van der Waals surface area contributed by atoms with Crippen molar-refractivity contribution in [3.63, 3.8) is 0 Å². The molecule has 0 heterocycles. The van der Waals surface area contributed by atoms with Gasteiger partial charge in [-0.05, 0) is 43.3 Å². The Balaban J connectivity index is 1.97. The zero-order chi connectivity index (χ0) is 13.8. The van der Waals surface area contributed by atoms with Gasteiger partial charge in [0, 0.05) is 5.56 Å². The van der Waals surface area contributed by atoms with Gasteiger partial charge in [-0.3, -0.25) is 0 Å². The third kappa shape index (κ3) is 3.41. The maximum absolute atomic E-state index is 5.51. The molecule has 0 aliphatic heterocycles. The summed E-state index contributed by atoms with van der Waals surface area (Å²) in [4.78, 5) is 0. The largest absolute Gasteiger partial charge is 0.493 e. The number of benzene rings is 1. The van der Waals surface area contributed by atoms with E-state index in [0.717, 1.165) is 30.5 Å². The molecule has 0 amide bonds. The number of para-hydroxylation sites is 1. The van der Waals surface area contributed by atoms with Crippen LogP contribution in [0, 0.1) is 11.8 Å². The monoisotopic (exact) mass is 263 g/mol. The van der Waals surface area contributed by atoms with E-state index in [0.29, 0.717) is 11.8 Å². The fraction of sp³-hybridized carbons (Fsp3) is 0.625. The molecule has 19 heavy (non-hydrogen) atoms. The molecule has 1 aliphatic carbocycles. The first-order chi connectivity index (χ1) is 9.17. The summed E-state index contributed by atoms with van der Waals surface area (Å²) in [6, 6.07) is 6.17. The molecule has 3 nitrogen and oxygen atoms in total. The van der Waals surface area contributed by atoms with Gasteiger partial charge < -0.3 is 14.8 Å². The molecule has 1 N–H and O–H groups in total. The van der Waals surface area contributed by atoms with Crippen LogP contribution in [0.5, 0.6) is 11.5 Å². The summed E-state index contributed by atoms with van der Waals surface area (Å²) < 4.78 is 10.9. The fourth-order valence-corrected chi connectivity index (χ4v) is 2.62. The lowest BCUT2D eigenvalue weighted by molar-refractivity contribution is 0.351. The standard InChI is InChI=1S/C16H25NO2/c1-11(2)9-17-10-12-8-14(12)13-6-5-7-15(18-3)16(13)19-4/h5-7,11-12,14,17H,8-10H2,1-4H3. The summed E-state index contributed by atoms with van der Waals surface area (Å²) in [6.07, 6.45) is 1.24. The van der Waals surface area contributed by atoms with E-state index in [2.05, 4.69) is 25.2 Å². The van der Waals surface area contributed by atoms with Crippen LogP contribution in [0.1, 0.15) is 31.7 Å². The number of hydrogen-bond donors (Lipinski definition) is 1. The molecule has 0 bridgehead atoms. The average molecular weight is 263 g/mol. The summed E-state index contributed by atoms with van der Waals surface area (Å²) in [5.74, 6) is 3.80. The SMILES string of the molecule is COc1cccc(C2CC2CNCC(C)C)c1OC. The van der Waals surface area contributed by atoms with E-state index in [1.807, 2.05) is 12.1 Å². The van der Waals surface area contributed by atoms with Gasteiger partial charge in [-0.2, -0.15) is 0 Å². The smallest absolute Gasteiger partial charge is 0.164 e. The fourth-order valence-electron chi connectivity index (χ4n) is 2.62. The lowest BCUT2D eigenvalue weighted by atomic mass is 10.1. The summed E-state index contributed by atoms with van der Waals surface area (Å²) in [6.45, 7) is 6.67. The van der Waals surface area contributed by atoms with Gasteiger partial charge in [-0.15, -0.1) is 0 Å². The first kappa shape index (κ1) is 14.2. The van der Waals surface area contributed by atoms with E-state index >= 15 is 0 Å². The van der Waals surface area contributed by atoms with Crippen LogP contribution in [0.3, 0.4) is 0 Å². The van der Waals surface area contributed by atoms with E-state index < -0.39 is 0 Å². The highest BCUT2D eigenvalue weighted by Crippen LogP contribution is 2.51. The second-order valence-electron chi connectivity index (χ2n) is 5.74. The molecular formula is C16H25NO2. The molecule has 2 atom stereocenters. The molecule has 2 unspecified atom stereocenters. The molecule has 0 spiro atoms. The molecule has 1 aromatic carbocycles. The number of rotatable bonds is 7. The first-order valence-corrected chi connectivity index (χ1v) is 7.09. The number of ether oxygens (including phenoxy) is 2. The van der Waals surface area contributed by atoms with Crippen molar-refractivity contribution in [2.24, 2.45) is 11.8 Å². The van der Waals surface area contributed by atoms with E-state index in [-0.39, 0.29) is 0 Å². The summed E-state index contributed by atoms with van der Waals surface area (Å²) in [5, 5.41) is 3.54. The predicted molar refractivity (Wildman–Crippen MR) is 78.1 cm³/mol. The lowest BCUT2D eigenvalue weighted by Gasteiger charge is -2.12. The van der Waals surface area contributed by atoms with E-state index in [9.17, 15) is 0 Å². The molecule has 2 rings (SSSR count). The van der Waals surface area contributed by atoms with Gasteiger partial charge in [-0.1, -0.05) is 26.0 Å². The first-order valence-electron chi connectivity index (χ1n) is 7.09. The quantitative estimate of drug-likeness (QED) is 0.820. The summed E-state index contributed by atoms with van der Waals surface area (Å²) in [5.41, 5.74) is 1.29. The van der Waals surface area contributed by atoms with Crippen molar-refractivity contribution in [1.29, 1.82) is 0 Å². The Morgan fingerprint density at radius 3 is 2.68 bits per heavy atom. The molecule has 3 heteroatoms. The van der Waals surface area contributed by atoms with Gasteiger partial charge >= 0.3 is 0 Å². The van der Waals surface area contributed by atoms with Gasteiger partial charge in [0.25, 0.3) is 0 Å². The second kappa shape index (κ2) is 6.29. The third-order valence-corrected chi connectivity index (χ3v) is 3.71. The van der Waals surface area contributed by atoms with Crippen molar-refractivity contribution in [1.82, 2.24) is 5.32 Å². The zero-order valence-electron chi connectivity index (χ0n) is 12.4.